The lowest BCUT2D eigenvalue weighted by molar-refractivity contribution is -0.139. The molecule has 0 spiro atoms. The largest absolute Gasteiger partial charge is 0.508 e. The van der Waals surface area contributed by atoms with Crippen LogP contribution in [-0.4, -0.2) is 29.1 Å². The monoisotopic (exact) mass is 304 g/mol. The number of rotatable bonds is 4. The van der Waals surface area contributed by atoms with Gasteiger partial charge in [0.1, 0.15) is 5.75 Å². The van der Waals surface area contributed by atoms with E-state index in [2.05, 4.69) is 4.74 Å². The zero-order chi connectivity index (χ0) is 15.4. The highest BCUT2D eigenvalue weighted by atomic mass is 32.1. The second-order valence-corrected chi connectivity index (χ2v) is 5.18. The van der Waals surface area contributed by atoms with E-state index in [-0.39, 0.29) is 5.75 Å². The third-order valence-corrected chi connectivity index (χ3v) is 3.81. The molecule has 0 aliphatic carbocycles. The highest BCUT2D eigenvalue weighted by Gasteiger charge is 2.13. The van der Waals surface area contributed by atoms with Gasteiger partial charge < -0.3 is 14.9 Å². The molecule has 0 fully saturated rings. The molecule has 0 atom stereocenters. The number of aromatic hydroxyl groups is 1. The molecule has 0 unspecified atom stereocenters. The predicted octanol–water partition coefficient (Wildman–Crippen LogP) is 2.92. The molecule has 0 aliphatic rings. The highest BCUT2D eigenvalue weighted by molar-refractivity contribution is 7.17. The summed E-state index contributed by atoms with van der Waals surface area (Å²) in [6, 6.07) is 9.94. The van der Waals surface area contributed by atoms with Crippen LogP contribution in [0.2, 0.25) is 0 Å². The van der Waals surface area contributed by atoms with Crippen LogP contribution in [0.5, 0.6) is 5.75 Å². The van der Waals surface area contributed by atoms with Crippen molar-refractivity contribution >= 4 is 23.1 Å². The Labute approximate surface area is 124 Å². The predicted molar refractivity (Wildman–Crippen MR) is 78.5 cm³/mol. The second-order valence-electron chi connectivity index (χ2n) is 4.10. The lowest BCUT2D eigenvalue weighted by Crippen LogP contribution is -2.06. The molecule has 0 aliphatic heterocycles. The van der Waals surface area contributed by atoms with E-state index in [1.54, 1.807) is 36.4 Å². The third-order valence-electron chi connectivity index (χ3n) is 2.66. The maximum absolute atomic E-state index is 11.9. The molecule has 21 heavy (non-hydrogen) atoms. The summed E-state index contributed by atoms with van der Waals surface area (Å²) in [6.45, 7) is 0. The van der Waals surface area contributed by atoms with Gasteiger partial charge >= 0.3 is 5.97 Å². The van der Waals surface area contributed by atoms with Gasteiger partial charge in [0.15, 0.2) is 5.78 Å². The fourth-order valence-corrected chi connectivity index (χ4v) is 2.53. The molecule has 5 nitrogen and oxygen atoms in total. The van der Waals surface area contributed by atoms with Crippen molar-refractivity contribution in [2.75, 3.05) is 7.11 Å². The summed E-state index contributed by atoms with van der Waals surface area (Å²) in [5, 5.41) is 18.6. The van der Waals surface area contributed by atoms with Crippen LogP contribution in [-0.2, 0) is 9.53 Å². The molecule has 1 heterocycles. The zero-order valence-electron chi connectivity index (χ0n) is 11.1. The van der Waals surface area contributed by atoms with Crippen LogP contribution in [0.3, 0.4) is 0 Å². The Morgan fingerprint density at radius 1 is 1.14 bits per heavy atom. The van der Waals surface area contributed by atoms with Crippen molar-refractivity contribution in [1.82, 2.24) is 0 Å². The molecule has 1 aromatic heterocycles. The number of hydrogen-bond donors (Lipinski definition) is 2. The Morgan fingerprint density at radius 2 is 1.81 bits per heavy atom. The number of phenolic OH excluding ortho intramolecular Hbond substituents is 1. The van der Waals surface area contributed by atoms with E-state index in [0.29, 0.717) is 4.88 Å². The Bertz CT molecular complexity index is 697. The Morgan fingerprint density at radius 3 is 2.43 bits per heavy atom. The zero-order valence-corrected chi connectivity index (χ0v) is 11.9. The first-order valence-electron chi connectivity index (χ1n) is 5.94. The summed E-state index contributed by atoms with van der Waals surface area (Å²) in [6.07, 6.45) is 0.832. The van der Waals surface area contributed by atoms with Gasteiger partial charge in [0, 0.05) is 11.0 Å². The van der Waals surface area contributed by atoms with Crippen LogP contribution in [0.4, 0.5) is 0 Å². The van der Waals surface area contributed by atoms with Crippen molar-refractivity contribution in [3.63, 3.8) is 0 Å². The van der Waals surface area contributed by atoms with E-state index in [1.165, 1.54) is 11.3 Å². The van der Waals surface area contributed by atoms with Gasteiger partial charge in [-0.15, -0.1) is 11.3 Å². The van der Waals surface area contributed by atoms with Gasteiger partial charge in [-0.1, -0.05) is 0 Å². The van der Waals surface area contributed by atoms with Crippen molar-refractivity contribution in [1.29, 1.82) is 0 Å². The summed E-state index contributed by atoms with van der Waals surface area (Å²) >= 11 is 1.22. The van der Waals surface area contributed by atoms with Crippen molar-refractivity contribution in [2.24, 2.45) is 0 Å². The maximum atomic E-state index is 11.9. The van der Waals surface area contributed by atoms with E-state index in [1.807, 2.05) is 0 Å². The lowest BCUT2D eigenvalue weighted by atomic mass is 10.2. The Kier molecular flexibility index (Phi) is 4.39. The first-order chi connectivity index (χ1) is 10.0. The third kappa shape index (κ3) is 3.49. The number of aliphatic hydroxyl groups excluding tert-OH is 1. The molecule has 108 valence electrons. The molecule has 0 bridgehead atoms. The molecule has 2 N–H and O–H groups in total. The minimum absolute atomic E-state index is 0.164. The van der Waals surface area contributed by atoms with Crippen molar-refractivity contribution in [3.8, 4) is 16.2 Å². The minimum atomic E-state index is -0.960. The van der Waals surface area contributed by atoms with Crippen LogP contribution >= 0.6 is 11.3 Å². The van der Waals surface area contributed by atoms with E-state index in [9.17, 15) is 19.8 Å². The number of carbonyl (C=O) groups is 2. The Hall–Kier alpha value is -2.60. The number of esters is 1. The minimum Gasteiger partial charge on any atom is -0.508 e. The average Bonchev–Trinajstić information content (AvgIpc) is 2.97. The smallest absolute Gasteiger partial charge is 0.373 e. The van der Waals surface area contributed by atoms with Crippen LogP contribution in [0.25, 0.3) is 10.4 Å². The van der Waals surface area contributed by atoms with Gasteiger partial charge in [-0.05, 0) is 42.0 Å². The number of methoxy groups -OCH3 is 1. The molecular formula is C15H12O5S. The van der Waals surface area contributed by atoms with Crippen LogP contribution in [0.1, 0.15) is 9.67 Å². The molecule has 2 rings (SSSR count). The normalized spacial score (nSPS) is 11.2. The molecule has 2 aromatic rings. The molecule has 0 saturated carbocycles. The summed E-state index contributed by atoms with van der Waals surface area (Å²) in [7, 11) is 1.12. The van der Waals surface area contributed by atoms with Crippen LogP contribution in [0, 0.1) is 0 Å². The fourth-order valence-electron chi connectivity index (χ4n) is 1.61. The number of carbonyl (C=O) groups excluding carboxylic acids is 2. The molecule has 0 saturated heterocycles. The van der Waals surface area contributed by atoms with Gasteiger partial charge in [-0.3, -0.25) is 4.79 Å². The Balaban J connectivity index is 2.22. The highest BCUT2D eigenvalue weighted by Crippen LogP contribution is 2.29. The van der Waals surface area contributed by atoms with Crippen LogP contribution in [0.15, 0.2) is 48.2 Å². The molecule has 6 heteroatoms. The van der Waals surface area contributed by atoms with Gasteiger partial charge in [0.05, 0.1) is 12.0 Å². The van der Waals surface area contributed by atoms with E-state index in [0.717, 1.165) is 23.6 Å². The summed E-state index contributed by atoms with van der Waals surface area (Å²) in [4.78, 5) is 24.1. The fraction of sp³-hybridized carbons (Fsp3) is 0.0667. The number of hydrogen-bond acceptors (Lipinski definition) is 6. The number of thiophene rings is 1. The summed E-state index contributed by atoms with van der Waals surface area (Å²) in [5.41, 5.74) is 0.859. The van der Waals surface area contributed by atoms with Gasteiger partial charge in [0.2, 0.25) is 5.76 Å². The number of phenols is 1. The lowest BCUT2D eigenvalue weighted by Gasteiger charge is -1.97. The summed E-state index contributed by atoms with van der Waals surface area (Å²) < 4.78 is 4.30. The maximum Gasteiger partial charge on any atom is 0.373 e. The number of benzene rings is 1. The number of ketones is 1. The standard InChI is InChI=1S/C15H12O5S/c1-20-15(19)12(18)8-11(17)14-7-6-13(21-14)9-2-4-10(16)5-3-9/h2-8,16,18H,1H3. The summed E-state index contributed by atoms with van der Waals surface area (Å²) in [5.74, 6) is -2.01. The first-order valence-corrected chi connectivity index (χ1v) is 6.75. The van der Waals surface area contributed by atoms with Crippen LogP contribution < -0.4 is 0 Å². The van der Waals surface area contributed by atoms with E-state index < -0.39 is 17.5 Å². The quantitative estimate of drug-likeness (QED) is 0.393. The SMILES string of the molecule is COC(=O)C(O)=CC(=O)c1ccc(-c2ccc(O)cc2)s1. The molecule has 0 radical (unpaired) electrons. The van der Waals surface area contributed by atoms with Crippen molar-refractivity contribution in [3.05, 3.63) is 53.1 Å². The number of allylic oxidation sites excluding steroid dienone is 1. The van der Waals surface area contributed by atoms with Crippen molar-refractivity contribution in [2.45, 2.75) is 0 Å². The first kappa shape index (κ1) is 14.8. The number of ether oxygens (including phenoxy) is 1. The van der Waals surface area contributed by atoms with E-state index in [4.69, 9.17) is 0 Å². The van der Waals surface area contributed by atoms with E-state index >= 15 is 0 Å². The topological polar surface area (TPSA) is 83.8 Å². The molecule has 0 amide bonds. The average molecular weight is 304 g/mol. The number of aliphatic hydroxyl groups is 1. The molecular weight excluding hydrogens is 292 g/mol. The van der Waals surface area contributed by atoms with Gasteiger partial charge in [-0.25, -0.2) is 4.79 Å². The van der Waals surface area contributed by atoms with Crippen molar-refractivity contribution < 1.29 is 24.5 Å². The van der Waals surface area contributed by atoms with Gasteiger partial charge in [-0.2, -0.15) is 0 Å². The second kappa shape index (κ2) is 6.23. The molecule has 1 aromatic carbocycles. The van der Waals surface area contributed by atoms with Gasteiger partial charge in [0.25, 0.3) is 0 Å².